The maximum atomic E-state index is 15.8. The molecule has 3 atom stereocenters. The van der Waals surface area contributed by atoms with Gasteiger partial charge in [-0.15, -0.1) is 0 Å². The zero-order valence-corrected chi connectivity index (χ0v) is 30.2. The molecule has 0 bridgehead atoms. The molecule has 0 unspecified atom stereocenters. The molecule has 15 heteroatoms. The third-order valence-electron chi connectivity index (χ3n) is 10.6. The first-order valence-corrected chi connectivity index (χ1v) is 17.6. The van der Waals surface area contributed by atoms with E-state index in [2.05, 4.69) is 37.7 Å². The van der Waals surface area contributed by atoms with Crippen molar-refractivity contribution < 1.29 is 37.1 Å². The average molecular weight is 718 g/mol. The fourth-order valence-electron chi connectivity index (χ4n) is 6.83. The predicted molar refractivity (Wildman–Crippen MR) is 185 cm³/mol. The molecule has 2 aromatic rings. The monoisotopic (exact) mass is 717 g/mol. The summed E-state index contributed by atoms with van der Waals surface area (Å²) in [6.07, 6.45) is 4.56. The van der Waals surface area contributed by atoms with E-state index in [-0.39, 0.29) is 29.9 Å². The molecule has 1 saturated heterocycles. The Bertz CT molecular complexity index is 1540. The number of likely N-dealkylation sites (N-methyl/N-ethyl adjacent to an activating group) is 1. The van der Waals surface area contributed by atoms with Gasteiger partial charge in [-0.05, 0) is 55.3 Å². The first kappa shape index (κ1) is 39.5. The molecule has 3 N–H and O–H groups in total. The summed E-state index contributed by atoms with van der Waals surface area (Å²) in [4.78, 5) is 64.4. The topological polar surface area (TPSA) is 146 Å². The number of nitrogens with one attached hydrogen (secondary N) is 3. The highest BCUT2D eigenvalue weighted by Crippen LogP contribution is 2.45. The number of alkyl halides is 2. The summed E-state index contributed by atoms with van der Waals surface area (Å²) >= 11 is 0. The summed E-state index contributed by atoms with van der Waals surface area (Å²) in [5, 5.41) is 7.66. The molecule has 51 heavy (non-hydrogen) atoms. The van der Waals surface area contributed by atoms with Crippen LogP contribution in [0.3, 0.4) is 0 Å². The Labute approximate surface area is 297 Å². The van der Waals surface area contributed by atoms with Gasteiger partial charge in [-0.1, -0.05) is 46.6 Å². The Hall–Kier alpha value is -4.27. The normalized spacial score (nSPS) is 21.6. The van der Waals surface area contributed by atoms with Gasteiger partial charge in [-0.3, -0.25) is 19.2 Å². The first-order chi connectivity index (χ1) is 24.1. The SMILES string of the molecule is CCC(=O)N[C@@H](C(=O)N1CCN(C)CC1)[C@@H](C)c1ccc(NC(=O)[C@@H](NC(=O)C(F)(F)c2cnc(OC)nc2)[C@]2(CC)CC[C@H](C)CC2)c(F)c1. The van der Waals surface area contributed by atoms with E-state index in [4.69, 9.17) is 4.74 Å². The number of ether oxygens (including phenoxy) is 1. The largest absolute Gasteiger partial charge is 0.467 e. The van der Waals surface area contributed by atoms with Crippen LogP contribution in [0.1, 0.15) is 83.3 Å². The van der Waals surface area contributed by atoms with Crippen molar-refractivity contribution in [3.63, 3.8) is 0 Å². The standard InChI is InChI=1S/C36H50F3N7O5/c1-7-28(47)43-29(32(49)46-17-15-45(5)16-18-46)23(4)24-9-10-27(26(37)19-24)42-31(48)30(35(8-2)13-11-22(3)12-14-35)44-33(50)36(38,39)25-20-40-34(51-6)41-21-25/h9-10,19-23,29-30H,7-8,11-18H2,1-6H3,(H,42,48)(H,43,47)(H,44,50)/t22-,23-,29+,30+,35+/m0/s1. The maximum absolute atomic E-state index is 15.8. The molecule has 2 heterocycles. The number of aromatic nitrogens is 2. The molecule has 4 amide bonds. The van der Waals surface area contributed by atoms with Crippen LogP contribution in [0.5, 0.6) is 6.01 Å². The highest BCUT2D eigenvalue weighted by molar-refractivity contribution is 5.99. The molecule has 2 fully saturated rings. The minimum atomic E-state index is -4.09. The number of amides is 4. The number of carbonyl (C=O) groups excluding carboxylic acids is 4. The van der Waals surface area contributed by atoms with E-state index < -0.39 is 52.5 Å². The van der Waals surface area contributed by atoms with Gasteiger partial charge in [0, 0.05) is 50.9 Å². The third kappa shape index (κ3) is 9.16. The third-order valence-corrected chi connectivity index (χ3v) is 10.6. The van der Waals surface area contributed by atoms with Gasteiger partial charge in [-0.25, -0.2) is 14.4 Å². The summed E-state index contributed by atoms with van der Waals surface area (Å²) in [6.45, 7) is 9.67. The highest BCUT2D eigenvalue weighted by atomic mass is 19.3. The smallest absolute Gasteiger partial charge is 0.352 e. The second-order valence-corrected chi connectivity index (χ2v) is 13.9. The van der Waals surface area contributed by atoms with Gasteiger partial charge >= 0.3 is 11.9 Å². The van der Waals surface area contributed by atoms with Crippen LogP contribution < -0.4 is 20.7 Å². The van der Waals surface area contributed by atoms with Gasteiger partial charge in [0.15, 0.2) is 0 Å². The van der Waals surface area contributed by atoms with Gasteiger partial charge in [0.05, 0.1) is 18.4 Å². The fraction of sp³-hybridized carbons (Fsp3) is 0.611. The van der Waals surface area contributed by atoms with Crippen LogP contribution in [-0.2, 0) is 25.1 Å². The van der Waals surface area contributed by atoms with Crippen LogP contribution in [0.4, 0.5) is 18.9 Å². The van der Waals surface area contributed by atoms with E-state index in [0.717, 1.165) is 25.2 Å². The van der Waals surface area contributed by atoms with Gasteiger partial charge in [0.25, 0.3) is 5.91 Å². The molecule has 1 aliphatic carbocycles. The van der Waals surface area contributed by atoms with E-state index in [0.29, 0.717) is 56.9 Å². The van der Waals surface area contributed by atoms with Gasteiger partial charge in [0.1, 0.15) is 17.9 Å². The molecule has 0 radical (unpaired) electrons. The molecule has 280 valence electrons. The van der Waals surface area contributed by atoms with Crippen LogP contribution >= 0.6 is 0 Å². The first-order valence-electron chi connectivity index (χ1n) is 17.6. The number of benzene rings is 1. The molecule has 1 aromatic heterocycles. The highest BCUT2D eigenvalue weighted by Gasteiger charge is 2.49. The van der Waals surface area contributed by atoms with Crippen molar-refractivity contribution in [3.05, 3.63) is 47.5 Å². The number of halogens is 3. The minimum absolute atomic E-state index is 0.154. The maximum Gasteiger partial charge on any atom is 0.352 e. The summed E-state index contributed by atoms with van der Waals surface area (Å²) < 4.78 is 51.5. The van der Waals surface area contributed by atoms with E-state index >= 15 is 13.2 Å². The van der Waals surface area contributed by atoms with Crippen molar-refractivity contribution in [1.82, 2.24) is 30.4 Å². The van der Waals surface area contributed by atoms with Crippen LogP contribution in [-0.4, -0.2) is 95.8 Å². The van der Waals surface area contributed by atoms with E-state index in [1.165, 1.54) is 19.2 Å². The molecule has 4 rings (SSSR count). The average Bonchev–Trinajstić information content (AvgIpc) is 3.13. The van der Waals surface area contributed by atoms with E-state index in [9.17, 15) is 19.2 Å². The van der Waals surface area contributed by atoms with Crippen molar-refractivity contribution in [2.24, 2.45) is 11.3 Å². The number of carbonyl (C=O) groups is 4. The molecule has 1 aromatic carbocycles. The van der Waals surface area contributed by atoms with Gasteiger partial charge in [0.2, 0.25) is 17.7 Å². The summed E-state index contributed by atoms with van der Waals surface area (Å²) in [6, 6.07) is 1.55. The fourth-order valence-corrected chi connectivity index (χ4v) is 6.83. The van der Waals surface area contributed by atoms with Crippen LogP contribution in [0.2, 0.25) is 0 Å². The number of rotatable bonds is 13. The molecule has 0 spiro atoms. The van der Waals surface area contributed by atoms with Crippen molar-refractivity contribution in [1.29, 1.82) is 0 Å². The van der Waals surface area contributed by atoms with Crippen LogP contribution in [0, 0.1) is 17.2 Å². The Morgan fingerprint density at radius 1 is 1.04 bits per heavy atom. The number of anilines is 1. The minimum Gasteiger partial charge on any atom is -0.467 e. The molecule has 2 aliphatic rings. The van der Waals surface area contributed by atoms with Crippen LogP contribution in [0.25, 0.3) is 0 Å². The molecule has 1 aliphatic heterocycles. The Balaban J connectivity index is 1.59. The number of hydrogen-bond acceptors (Lipinski definition) is 8. The van der Waals surface area contributed by atoms with Crippen molar-refractivity contribution in [2.75, 3.05) is 45.7 Å². The lowest BCUT2D eigenvalue weighted by Gasteiger charge is -2.44. The van der Waals surface area contributed by atoms with Crippen molar-refractivity contribution in [3.8, 4) is 6.01 Å². The number of piperazine rings is 1. The van der Waals surface area contributed by atoms with Crippen LogP contribution in [0.15, 0.2) is 30.6 Å². The summed E-state index contributed by atoms with van der Waals surface area (Å²) in [5.41, 5.74) is -1.46. The zero-order valence-electron chi connectivity index (χ0n) is 30.2. The quantitative estimate of drug-likeness (QED) is 0.280. The van der Waals surface area contributed by atoms with Gasteiger partial charge in [-0.2, -0.15) is 8.78 Å². The Morgan fingerprint density at radius 3 is 2.22 bits per heavy atom. The molecular weight excluding hydrogens is 667 g/mol. The van der Waals surface area contributed by atoms with E-state index in [1.54, 1.807) is 24.8 Å². The van der Waals surface area contributed by atoms with Crippen molar-refractivity contribution >= 4 is 29.3 Å². The Kier molecular flexibility index (Phi) is 13.0. The van der Waals surface area contributed by atoms with Crippen molar-refractivity contribution in [2.45, 2.75) is 90.1 Å². The lowest BCUT2D eigenvalue weighted by atomic mass is 9.64. The summed E-state index contributed by atoms with van der Waals surface area (Å²) in [7, 11) is 3.24. The predicted octanol–water partition coefficient (Wildman–Crippen LogP) is 4.22. The number of hydrogen-bond donors (Lipinski definition) is 3. The lowest BCUT2D eigenvalue weighted by molar-refractivity contribution is -0.151. The second kappa shape index (κ2) is 16.8. The number of methoxy groups -OCH3 is 1. The lowest BCUT2D eigenvalue weighted by Crippen LogP contribution is -2.58. The van der Waals surface area contributed by atoms with E-state index in [1.807, 2.05) is 14.0 Å². The Morgan fingerprint density at radius 2 is 1.67 bits per heavy atom. The zero-order chi connectivity index (χ0) is 37.5. The molecular formula is C36H50F3N7O5. The number of nitrogens with zero attached hydrogens (tertiary/aromatic N) is 4. The van der Waals surface area contributed by atoms with Gasteiger partial charge < -0.3 is 30.5 Å². The molecule has 1 saturated carbocycles. The summed E-state index contributed by atoms with van der Waals surface area (Å²) in [5.74, 6) is -8.32. The molecule has 12 nitrogen and oxygen atoms in total. The second-order valence-electron chi connectivity index (χ2n) is 13.9.